The number of carbonyl (C=O) groups is 1. The molecule has 0 atom stereocenters. The Hall–Kier alpha value is -3.26. The Labute approximate surface area is 166 Å². The fourth-order valence-corrected chi connectivity index (χ4v) is 3.65. The van der Waals surface area contributed by atoms with Gasteiger partial charge < -0.3 is 10.1 Å². The Morgan fingerprint density at radius 1 is 1.14 bits per heavy atom. The molecule has 0 aliphatic heterocycles. The number of nitrogens with one attached hydrogen (secondary N) is 1. The van der Waals surface area contributed by atoms with Crippen LogP contribution in [-0.4, -0.2) is 32.3 Å². The molecular formula is C20H19N5O2S. The van der Waals surface area contributed by atoms with Crippen LogP contribution in [0.3, 0.4) is 0 Å². The molecule has 1 N–H and O–H groups in total. The summed E-state index contributed by atoms with van der Waals surface area (Å²) >= 11 is 1.47. The maximum Gasteiger partial charge on any atom is 0.255 e. The number of aryl methyl sites for hydroxylation is 1. The maximum atomic E-state index is 12.5. The fraction of sp³-hybridized carbons (Fsp3) is 0.200. The van der Waals surface area contributed by atoms with E-state index in [1.165, 1.54) is 11.3 Å². The molecule has 0 unspecified atom stereocenters. The Morgan fingerprint density at radius 3 is 2.71 bits per heavy atom. The van der Waals surface area contributed by atoms with Crippen molar-refractivity contribution in [2.75, 3.05) is 11.9 Å². The quantitative estimate of drug-likeness (QED) is 0.534. The van der Waals surface area contributed by atoms with E-state index in [1.807, 2.05) is 38.1 Å². The van der Waals surface area contributed by atoms with Gasteiger partial charge in [0.05, 0.1) is 6.61 Å². The summed E-state index contributed by atoms with van der Waals surface area (Å²) in [6.07, 6.45) is 0.766. The average Bonchev–Trinajstić information content (AvgIpc) is 3.29. The summed E-state index contributed by atoms with van der Waals surface area (Å²) in [5.74, 6) is 1.40. The van der Waals surface area contributed by atoms with Gasteiger partial charge in [-0.1, -0.05) is 30.4 Å². The van der Waals surface area contributed by atoms with Crippen molar-refractivity contribution < 1.29 is 9.53 Å². The number of ether oxygens (including phenoxy) is 1. The largest absolute Gasteiger partial charge is 0.494 e. The minimum absolute atomic E-state index is 0.174. The molecular weight excluding hydrogens is 374 g/mol. The number of aromatic nitrogens is 4. The van der Waals surface area contributed by atoms with Gasteiger partial charge in [-0.05, 0) is 43.3 Å². The number of fused-ring (bicyclic) bond motifs is 1. The topological polar surface area (TPSA) is 81.4 Å². The molecule has 0 radical (unpaired) electrons. The molecule has 0 saturated carbocycles. The van der Waals surface area contributed by atoms with E-state index < -0.39 is 0 Å². The minimum Gasteiger partial charge on any atom is -0.494 e. The number of amides is 1. The predicted molar refractivity (Wildman–Crippen MR) is 109 cm³/mol. The Bertz CT molecular complexity index is 1120. The number of hydrogen-bond acceptors (Lipinski definition) is 6. The number of hydrogen-bond donors (Lipinski definition) is 1. The number of anilines is 1. The highest BCUT2D eigenvalue weighted by atomic mass is 32.1. The van der Waals surface area contributed by atoms with Gasteiger partial charge in [-0.25, -0.2) is 0 Å². The number of nitrogens with zero attached hydrogens (tertiary/aromatic N) is 4. The van der Waals surface area contributed by atoms with Crippen LogP contribution < -0.4 is 10.1 Å². The summed E-state index contributed by atoms with van der Waals surface area (Å²) in [5.41, 5.74) is 2.19. The molecule has 2 aromatic heterocycles. The van der Waals surface area contributed by atoms with Gasteiger partial charge in [0.2, 0.25) is 4.96 Å². The van der Waals surface area contributed by atoms with Gasteiger partial charge >= 0.3 is 0 Å². The van der Waals surface area contributed by atoms with Crippen LogP contribution in [0.4, 0.5) is 5.69 Å². The summed E-state index contributed by atoms with van der Waals surface area (Å²) < 4.78 is 7.18. The highest BCUT2D eigenvalue weighted by Gasteiger charge is 2.13. The molecule has 2 aromatic carbocycles. The van der Waals surface area contributed by atoms with Crippen LogP contribution in [0.1, 0.15) is 30.0 Å². The Morgan fingerprint density at radius 2 is 1.96 bits per heavy atom. The third-order valence-corrected chi connectivity index (χ3v) is 5.11. The highest BCUT2D eigenvalue weighted by Crippen LogP contribution is 2.27. The Balaban J connectivity index is 1.54. The van der Waals surface area contributed by atoms with E-state index in [0.29, 0.717) is 17.9 Å². The van der Waals surface area contributed by atoms with Crippen LogP contribution in [0.2, 0.25) is 0 Å². The SMILES string of the molecule is CCOc1ccc(C(=O)Nc2cccc(-c3nn4c(CC)nnc4s3)c2)cc1. The van der Waals surface area contributed by atoms with E-state index >= 15 is 0 Å². The molecule has 2 heterocycles. The first kappa shape index (κ1) is 18.1. The van der Waals surface area contributed by atoms with Crippen LogP contribution in [-0.2, 0) is 6.42 Å². The average molecular weight is 393 g/mol. The summed E-state index contributed by atoms with van der Waals surface area (Å²) in [4.78, 5) is 13.3. The van der Waals surface area contributed by atoms with Crippen molar-refractivity contribution in [3.05, 3.63) is 59.9 Å². The van der Waals surface area contributed by atoms with Crippen molar-refractivity contribution in [1.29, 1.82) is 0 Å². The fourth-order valence-electron chi connectivity index (χ4n) is 2.80. The highest BCUT2D eigenvalue weighted by molar-refractivity contribution is 7.19. The minimum atomic E-state index is -0.174. The number of carbonyl (C=O) groups excluding carboxylic acids is 1. The summed E-state index contributed by atoms with van der Waals surface area (Å²) in [7, 11) is 0. The smallest absolute Gasteiger partial charge is 0.255 e. The molecule has 0 bridgehead atoms. The molecule has 28 heavy (non-hydrogen) atoms. The van der Waals surface area contributed by atoms with Gasteiger partial charge in [0.25, 0.3) is 5.91 Å². The van der Waals surface area contributed by atoms with E-state index in [9.17, 15) is 4.79 Å². The number of benzene rings is 2. The lowest BCUT2D eigenvalue weighted by Crippen LogP contribution is -2.11. The van der Waals surface area contributed by atoms with E-state index in [4.69, 9.17) is 4.74 Å². The zero-order chi connectivity index (χ0) is 19.5. The first-order chi connectivity index (χ1) is 13.7. The van der Waals surface area contributed by atoms with Crippen molar-refractivity contribution >= 4 is 27.9 Å². The van der Waals surface area contributed by atoms with Gasteiger partial charge in [0, 0.05) is 23.2 Å². The first-order valence-electron chi connectivity index (χ1n) is 9.03. The van der Waals surface area contributed by atoms with Gasteiger partial charge in [-0.15, -0.1) is 10.2 Å². The van der Waals surface area contributed by atoms with E-state index in [0.717, 1.165) is 33.5 Å². The second kappa shape index (κ2) is 7.77. The van der Waals surface area contributed by atoms with Gasteiger partial charge in [-0.3, -0.25) is 4.79 Å². The zero-order valence-corrected chi connectivity index (χ0v) is 16.4. The monoisotopic (exact) mass is 393 g/mol. The maximum absolute atomic E-state index is 12.5. The third-order valence-electron chi connectivity index (χ3n) is 4.17. The molecule has 4 rings (SSSR count). The van der Waals surface area contributed by atoms with Gasteiger partial charge in [0.15, 0.2) is 5.82 Å². The first-order valence-corrected chi connectivity index (χ1v) is 9.85. The molecule has 142 valence electrons. The van der Waals surface area contributed by atoms with Crippen molar-refractivity contribution in [2.45, 2.75) is 20.3 Å². The van der Waals surface area contributed by atoms with E-state index in [1.54, 1.807) is 28.8 Å². The summed E-state index contributed by atoms with van der Waals surface area (Å²) in [6.45, 7) is 4.54. The lowest BCUT2D eigenvalue weighted by molar-refractivity contribution is 0.102. The normalized spacial score (nSPS) is 10.9. The van der Waals surface area contributed by atoms with Crippen molar-refractivity contribution in [3.63, 3.8) is 0 Å². The zero-order valence-electron chi connectivity index (χ0n) is 15.5. The van der Waals surface area contributed by atoms with Crippen LogP contribution in [0, 0.1) is 0 Å². The number of rotatable bonds is 6. The standard InChI is InChI=1S/C20H19N5O2S/c1-3-17-22-23-20-25(17)24-19(28-20)14-6-5-7-15(12-14)21-18(26)13-8-10-16(11-9-13)27-4-2/h5-12H,3-4H2,1-2H3,(H,21,26). The summed E-state index contributed by atoms with van der Waals surface area (Å²) in [6, 6.07) is 14.7. The molecule has 0 aliphatic rings. The molecule has 0 spiro atoms. The van der Waals surface area contributed by atoms with Crippen LogP contribution in [0.15, 0.2) is 48.5 Å². The molecule has 1 amide bonds. The van der Waals surface area contributed by atoms with Gasteiger partial charge in [0.1, 0.15) is 10.8 Å². The van der Waals surface area contributed by atoms with Crippen LogP contribution in [0.25, 0.3) is 15.5 Å². The Kier molecular flexibility index (Phi) is 5.03. The second-order valence-electron chi connectivity index (χ2n) is 6.06. The second-order valence-corrected chi connectivity index (χ2v) is 7.02. The van der Waals surface area contributed by atoms with Crippen molar-refractivity contribution in [2.24, 2.45) is 0 Å². The molecule has 4 aromatic rings. The van der Waals surface area contributed by atoms with Crippen LogP contribution in [0.5, 0.6) is 5.75 Å². The lowest BCUT2D eigenvalue weighted by atomic mass is 10.1. The van der Waals surface area contributed by atoms with E-state index in [2.05, 4.69) is 20.6 Å². The molecule has 0 fully saturated rings. The molecule has 8 heteroatoms. The van der Waals surface area contributed by atoms with Crippen LogP contribution >= 0.6 is 11.3 Å². The molecule has 0 saturated heterocycles. The van der Waals surface area contributed by atoms with Crippen molar-refractivity contribution in [3.8, 4) is 16.3 Å². The molecule has 7 nitrogen and oxygen atoms in total. The lowest BCUT2D eigenvalue weighted by Gasteiger charge is -2.08. The van der Waals surface area contributed by atoms with Crippen molar-refractivity contribution in [1.82, 2.24) is 19.8 Å². The third kappa shape index (κ3) is 3.59. The van der Waals surface area contributed by atoms with Gasteiger partial charge in [-0.2, -0.15) is 9.61 Å². The molecule has 0 aliphatic carbocycles. The predicted octanol–water partition coefficient (Wildman–Crippen LogP) is 4.07. The van der Waals surface area contributed by atoms with E-state index in [-0.39, 0.29) is 5.91 Å². The summed E-state index contributed by atoms with van der Waals surface area (Å²) in [5, 5.41) is 16.6.